The molecule has 1 N–H and O–H groups in total. The van der Waals surface area contributed by atoms with Crippen molar-refractivity contribution in [3.8, 4) is 0 Å². The van der Waals surface area contributed by atoms with E-state index in [-0.39, 0.29) is 5.54 Å². The summed E-state index contributed by atoms with van der Waals surface area (Å²) in [6.45, 7) is 10.6. The molecule has 1 aliphatic heterocycles. The third-order valence-corrected chi connectivity index (χ3v) is 5.40. The van der Waals surface area contributed by atoms with E-state index in [2.05, 4.69) is 47.8 Å². The summed E-state index contributed by atoms with van der Waals surface area (Å²) in [5, 5.41) is 8.25. The van der Waals surface area contributed by atoms with Gasteiger partial charge < -0.3 is 5.32 Å². The van der Waals surface area contributed by atoms with Crippen molar-refractivity contribution in [1.82, 2.24) is 10.2 Å². The summed E-state index contributed by atoms with van der Waals surface area (Å²) in [7, 11) is 0. The fraction of sp³-hybridized carbons (Fsp3) is 0.750. The van der Waals surface area contributed by atoms with E-state index in [1.54, 1.807) is 0 Å². The molecule has 2 nitrogen and oxygen atoms in total. The zero-order valence-electron chi connectivity index (χ0n) is 12.6. The van der Waals surface area contributed by atoms with Crippen LogP contribution in [0.1, 0.15) is 58.1 Å². The molecule has 108 valence electrons. The second-order valence-electron chi connectivity index (χ2n) is 5.81. The lowest BCUT2D eigenvalue weighted by Gasteiger charge is -2.48. The first kappa shape index (κ1) is 15.0. The van der Waals surface area contributed by atoms with Crippen LogP contribution in [0.4, 0.5) is 0 Å². The molecule has 1 fully saturated rings. The highest BCUT2D eigenvalue weighted by Crippen LogP contribution is 2.36. The molecule has 2 rings (SSSR count). The zero-order chi connectivity index (χ0) is 13.7. The van der Waals surface area contributed by atoms with Gasteiger partial charge in [-0.3, -0.25) is 4.90 Å². The average molecular weight is 280 g/mol. The second-order valence-corrected chi connectivity index (χ2v) is 6.59. The Morgan fingerprint density at radius 3 is 2.58 bits per heavy atom. The first-order valence-corrected chi connectivity index (χ1v) is 8.67. The Morgan fingerprint density at radius 2 is 2.05 bits per heavy atom. The molecular formula is C16H28N2S. The molecular weight excluding hydrogens is 252 g/mol. The topological polar surface area (TPSA) is 15.3 Å². The minimum Gasteiger partial charge on any atom is -0.309 e. The molecule has 0 bridgehead atoms. The molecule has 0 aliphatic carbocycles. The number of likely N-dealkylation sites (N-methyl/N-ethyl adjacent to an activating group) is 1. The van der Waals surface area contributed by atoms with Crippen molar-refractivity contribution in [3.05, 3.63) is 22.4 Å². The van der Waals surface area contributed by atoms with Crippen LogP contribution in [-0.4, -0.2) is 30.1 Å². The maximum Gasteiger partial charge on any atom is 0.0512 e. The van der Waals surface area contributed by atoms with E-state index in [0.29, 0.717) is 6.04 Å². The number of hydrogen-bond donors (Lipinski definition) is 1. The van der Waals surface area contributed by atoms with Crippen LogP contribution < -0.4 is 5.32 Å². The van der Waals surface area contributed by atoms with Gasteiger partial charge in [-0.05, 0) is 68.2 Å². The molecule has 19 heavy (non-hydrogen) atoms. The van der Waals surface area contributed by atoms with E-state index in [1.807, 2.05) is 11.3 Å². The average Bonchev–Trinajstić information content (AvgIpc) is 2.98. The van der Waals surface area contributed by atoms with Crippen molar-refractivity contribution >= 4 is 11.3 Å². The van der Waals surface area contributed by atoms with Crippen molar-refractivity contribution in [2.24, 2.45) is 0 Å². The van der Waals surface area contributed by atoms with Crippen LogP contribution in [0.3, 0.4) is 0 Å². The standard InChI is InChI=1S/C16H28N2S/c1-4-16(3,18-10-7-6-8-11-18)15(17-5-2)14-9-12-19-13-14/h9,12-13,15,17H,4-8,10-11H2,1-3H3. The Balaban J connectivity index is 2.24. The number of nitrogens with one attached hydrogen (secondary N) is 1. The van der Waals surface area contributed by atoms with Crippen LogP contribution in [0.5, 0.6) is 0 Å². The number of likely N-dealkylation sites (tertiary alicyclic amines) is 1. The highest BCUT2D eigenvalue weighted by molar-refractivity contribution is 7.07. The van der Waals surface area contributed by atoms with Crippen LogP contribution in [0.25, 0.3) is 0 Å². The lowest BCUT2D eigenvalue weighted by Crippen LogP contribution is -2.55. The maximum atomic E-state index is 3.74. The number of hydrogen-bond acceptors (Lipinski definition) is 3. The van der Waals surface area contributed by atoms with Gasteiger partial charge in [-0.1, -0.05) is 20.3 Å². The van der Waals surface area contributed by atoms with Crippen molar-refractivity contribution in [1.29, 1.82) is 0 Å². The third-order valence-electron chi connectivity index (χ3n) is 4.70. The van der Waals surface area contributed by atoms with Crippen molar-refractivity contribution in [3.63, 3.8) is 0 Å². The highest BCUT2D eigenvalue weighted by atomic mass is 32.1. The van der Waals surface area contributed by atoms with Gasteiger partial charge in [-0.2, -0.15) is 11.3 Å². The summed E-state index contributed by atoms with van der Waals surface area (Å²) >= 11 is 1.81. The number of rotatable bonds is 6. The normalized spacial score (nSPS) is 22.1. The van der Waals surface area contributed by atoms with E-state index >= 15 is 0 Å². The van der Waals surface area contributed by atoms with E-state index in [4.69, 9.17) is 0 Å². The first-order chi connectivity index (χ1) is 9.22. The van der Waals surface area contributed by atoms with Gasteiger partial charge in [0.2, 0.25) is 0 Å². The van der Waals surface area contributed by atoms with Gasteiger partial charge in [0, 0.05) is 5.54 Å². The SMILES string of the molecule is CCNC(c1ccsc1)C(C)(CC)N1CCCCC1. The monoisotopic (exact) mass is 280 g/mol. The van der Waals surface area contributed by atoms with Crippen molar-refractivity contribution in [2.75, 3.05) is 19.6 Å². The Labute approximate surface area is 122 Å². The summed E-state index contributed by atoms with van der Waals surface area (Å²) in [6.07, 6.45) is 5.32. The first-order valence-electron chi connectivity index (χ1n) is 7.73. The predicted molar refractivity (Wildman–Crippen MR) is 84.9 cm³/mol. The lowest BCUT2D eigenvalue weighted by atomic mass is 9.82. The molecule has 0 spiro atoms. The van der Waals surface area contributed by atoms with E-state index < -0.39 is 0 Å². The van der Waals surface area contributed by atoms with E-state index in [1.165, 1.54) is 44.3 Å². The molecule has 2 heterocycles. The zero-order valence-corrected chi connectivity index (χ0v) is 13.4. The molecule has 2 atom stereocenters. The minimum absolute atomic E-state index is 0.234. The van der Waals surface area contributed by atoms with Gasteiger partial charge in [-0.15, -0.1) is 0 Å². The summed E-state index contributed by atoms with van der Waals surface area (Å²) in [5.41, 5.74) is 1.69. The minimum atomic E-state index is 0.234. The number of piperidine rings is 1. The van der Waals surface area contributed by atoms with E-state index in [0.717, 1.165) is 6.54 Å². The molecule has 0 aromatic carbocycles. The van der Waals surface area contributed by atoms with Gasteiger partial charge in [0.25, 0.3) is 0 Å². The molecule has 3 heteroatoms. The fourth-order valence-corrected chi connectivity index (χ4v) is 4.04. The van der Waals surface area contributed by atoms with Crippen LogP contribution >= 0.6 is 11.3 Å². The maximum absolute atomic E-state index is 3.74. The summed E-state index contributed by atoms with van der Waals surface area (Å²) < 4.78 is 0. The van der Waals surface area contributed by atoms with Gasteiger partial charge in [0.1, 0.15) is 0 Å². The van der Waals surface area contributed by atoms with Gasteiger partial charge in [0.15, 0.2) is 0 Å². The van der Waals surface area contributed by atoms with Crippen LogP contribution in [0, 0.1) is 0 Å². The molecule has 0 radical (unpaired) electrons. The molecule has 1 saturated heterocycles. The van der Waals surface area contributed by atoms with Crippen LogP contribution in [0.15, 0.2) is 16.8 Å². The van der Waals surface area contributed by atoms with Crippen LogP contribution in [0.2, 0.25) is 0 Å². The van der Waals surface area contributed by atoms with E-state index in [9.17, 15) is 0 Å². The smallest absolute Gasteiger partial charge is 0.0512 e. The van der Waals surface area contributed by atoms with Crippen LogP contribution in [-0.2, 0) is 0 Å². The quantitative estimate of drug-likeness (QED) is 0.845. The molecule has 0 saturated carbocycles. The Kier molecular flexibility index (Phi) is 5.43. The molecule has 1 aliphatic rings. The lowest BCUT2D eigenvalue weighted by molar-refractivity contribution is 0.0430. The third kappa shape index (κ3) is 3.21. The molecule has 2 unspecified atom stereocenters. The van der Waals surface area contributed by atoms with Crippen molar-refractivity contribution < 1.29 is 0 Å². The van der Waals surface area contributed by atoms with Gasteiger partial charge >= 0.3 is 0 Å². The predicted octanol–water partition coefficient (Wildman–Crippen LogP) is 4.05. The summed E-state index contributed by atoms with van der Waals surface area (Å²) in [4.78, 5) is 2.72. The Morgan fingerprint density at radius 1 is 1.32 bits per heavy atom. The highest BCUT2D eigenvalue weighted by Gasteiger charge is 2.39. The molecule has 1 aromatic rings. The summed E-state index contributed by atoms with van der Waals surface area (Å²) in [5.74, 6) is 0. The number of thiophene rings is 1. The Bertz CT molecular complexity index is 357. The van der Waals surface area contributed by atoms with Gasteiger partial charge in [-0.25, -0.2) is 0 Å². The number of nitrogens with zero attached hydrogens (tertiary/aromatic N) is 1. The van der Waals surface area contributed by atoms with Crippen molar-refractivity contribution in [2.45, 2.75) is 58.0 Å². The second kappa shape index (κ2) is 6.87. The molecule has 1 aromatic heterocycles. The summed E-state index contributed by atoms with van der Waals surface area (Å²) in [6, 6.07) is 2.74. The Hall–Kier alpha value is -0.380. The van der Waals surface area contributed by atoms with Gasteiger partial charge in [0.05, 0.1) is 6.04 Å². The molecule has 0 amide bonds. The largest absolute Gasteiger partial charge is 0.309 e. The fourth-order valence-electron chi connectivity index (χ4n) is 3.36.